The van der Waals surface area contributed by atoms with Crippen LogP contribution in [0.3, 0.4) is 0 Å². The summed E-state index contributed by atoms with van der Waals surface area (Å²) in [6.07, 6.45) is 0.704. The number of rotatable bonds is 3. The van der Waals surface area contributed by atoms with E-state index in [2.05, 4.69) is 5.32 Å². The number of nitrogens with zero attached hydrogens (tertiary/aromatic N) is 2. The SMILES string of the molecule is O=C1NC(=O)[C@H]2[C@@H]3C[C@H]([C@@H]12)[C@@H]1[C@H]3N1S(=O)(=O)c1ccc([N+](=O)[O-])cc1. The van der Waals surface area contributed by atoms with Crippen LogP contribution in [0.4, 0.5) is 5.69 Å². The van der Waals surface area contributed by atoms with Gasteiger partial charge in [0.1, 0.15) is 0 Å². The monoisotopic (exact) mass is 363 g/mol. The number of nitrogens with one attached hydrogen (secondary N) is 1. The van der Waals surface area contributed by atoms with Crippen molar-refractivity contribution >= 4 is 27.5 Å². The van der Waals surface area contributed by atoms with Crippen LogP contribution in [0.15, 0.2) is 29.2 Å². The van der Waals surface area contributed by atoms with Gasteiger partial charge in [0.2, 0.25) is 21.8 Å². The first-order valence-corrected chi connectivity index (χ1v) is 9.39. The van der Waals surface area contributed by atoms with E-state index in [1.807, 2.05) is 0 Å². The van der Waals surface area contributed by atoms with Crippen molar-refractivity contribution in [1.29, 1.82) is 0 Å². The third-order valence-corrected chi connectivity index (χ3v) is 7.96. The quantitative estimate of drug-likeness (QED) is 0.345. The van der Waals surface area contributed by atoms with Gasteiger partial charge in [-0.05, 0) is 30.4 Å². The Labute approximate surface area is 142 Å². The number of non-ortho nitro benzene ring substituents is 1. The summed E-state index contributed by atoms with van der Waals surface area (Å²) >= 11 is 0. The van der Waals surface area contributed by atoms with E-state index in [9.17, 15) is 28.1 Å². The maximum atomic E-state index is 12.9. The minimum Gasteiger partial charge on any atom is -0.296 e. The van der Waals surface area contributed by atoms with E-state index in [1.165, 1.54) is 16.4 Å². The fourth-order valence-electron chi connectivity index (χ4n) is 5.16. The van der Waals surface area contributed by atoms with Gasteiger partial charge < -0.3 is 0 Å². The van der Waals surface area contributed by atoms with Crippen molar-refractivity contribution in [3.05, 3.63) is 34.4 Å². The summed E-state index contributed by atoms with van der Waals surface area (Å²) in [6.45, 7) is 0. The standard InChI is InChI=1S/C15H13N3O6S/c19-14-10-8-5-9(11(10)15(20)16-14)13-12(8)17(13)25(23,24)7-3-1-6(2-4-7)18(21)22/h1-4,8-13H,5H2,(H,16,19,20)/t8-,9+,10-,11+,12-,13+,17?. The molecule has 4 aliphatic rings. The predicted octanol–water partition coefficient (Wildman–Crippen LogP) is -0.125. The summed E-state index contributed by atoms with van der Waals surface area (Å²) in [5.74, 6) is -1.67. The molecule has 1 aromatic carbocycles. The minimum absolute atomic E-state index is 0.00663. The van der Waals surface area contributed by atoms with E-state index in [-0.39, 0.29) is 46.3 Å². The Bertz CT molecular complexity index is 911. The lowest BCUT2D eigenvalue weighted by Gasteiger charge is -2.16. The van der Waals surface area contributed by atoms with Gasteiger partial charge in [-0.3, -0.25) is 25.0 Å². The third-order valence-electron chi connectivity index (χ3n) is 6.05. The summed E-state index contributed by atoms with van der Waals surface area (Å²) < 4.78 is 27.1. The van der Waals surface area contributed by atoms with Crippen molar-refractivity contribution in [3.63, 3.8) is 0 Å². The largest absolute Gasteiger partial charge is 0.296 e. The zero-order chi connectivity index (χ0) is 17.7. The topological polar surface area (TPSA) is 126 Å². The third kappa shape index (κ3) is 1.73. The second kappa shape index (κ2) is 4.44. The van der Waals surface area contributed by atoms with Gasteiger partial charge in [-0.25, -0.2) is 8.42 Å². The molecular weight excluding hydrogens is 350 g/mol. The average Bonchev–Trinajstić information content (AvgIpc) is 2.91. The molecule has 25 heavy (non-hydrogen) atoms. The Morgan fingerprint density at radius 3 is 2.04 bits per heavy atom. The van der Waals surface area contributed by atoms with Gasteiger partial charge in [-0.1, -0.05) is 0 Å². The van der Waals surface area contributed by atoms with Gasteiger partial charge in [-0.15, -0.1) is 0 Å². The molecule has 7 atom stereocenters. The smallest absolute Gasteiger partial charge is 0.269 e. The molecule has 0 spiro atoms. The van der Waals surface area contributed by atoms with E-state index in [0.717, 1.165) is 12.1 Å². The maximum absolute atomic E-state index is 12.9. The summed E-state index contributed by atoms with van der Waals surface area (Å²) in [5, 5.41) is 13.1. The number of sulfonamides is 1. The van der Waals surface area contributed by atoms with E-state index < -0.39 is 26.8 Å². The number of nitro benzene ring substituents is 1. The molecule has 2 aliphatic carbocycles. The molecule has 2 amide bonds. The lowest BCUT2D eigenvalue weighted by atomic mass is 9.81. The lowest BCUT2D eigenvalue weighted by molar-refractivity contribution is -0.384. The minimum atomic E-state index is -3.79. The van der Waals surface area contributed by atoms with Gasteiger partial charge in [0.25, 0.3) is 5.69 Å². The van der Waals surface area contributed by atoms with Gasteiger partial charge in [-0.2, -0.15) is 4.31 Å². The van der Waals surface area contributed by atoms with Crippen LogP contribution in [0.25, 0.3) is 0 Å². The lowest BCUT2D eigenvalue weighted by Crippen LogP contribution is -2.29. The van der Waals surface area contributed by atoms with Gasteiger partial charge >= 0.3 is 0 Å². The molecule has 10 heteroatoms. The van der Waals surface area contributed by atoms with Crippen molar-refractivity contribution in [2.24, 2.45) is 23.7 Å². The van der Waals surface area contributed by atoms with Gasteiger partial charge in [0.05, 0.1) is 21.7 Å². The molecule has 5 rings (SSSR count). The zero-order valence-corrected chi connectivity index (χ0v) is 13.5. The second-order valence-electron chi connectivity index (χ2n) is 7.04. The highest BCUT2D eigenvalue weighted by Gasteiger charge is 2.77. The molecule has 2 aliphatic heterocycles. The Morgan fingerprint density at radius 1 is 1.04 bits per heavy atom. The first-order valence-electron chi connectivity index (χ1n) is 7.95. The van der Waals surface area contributed by atoms with Crippen LogP contribution in [0.2, 0.25) is 0 Å². The molecule has 0 radical (unpaired) electrons. The molecule has 1 aromatic rings. The van der Waals surface area contributed by atoms with Crippen LogP contribution >= 0.6 is 0 Å². The molecule has 2 saturated carbocycles. The Kier molecular flexibility index (Phi) is 2.66. The first kappa shape index (κ1) is 15.0. The highest BCUT2D eigenvalue weighted by molar-refractivity contribution is 7.89. The number of nitro groups is 1. The maximum Gasteiger partial charge on any atom is 0.269 e. The molecule has 2 bridgehead atoms. The number of hydrogen-bond donors (Lipinski definition) is 1. The summed E-state index contributed by atoms with van der Waals surface area (Å²) in [4.78, 5) is 34.1. The van der Waals surface area contributed by atoms with Crippen LogP contribution < -0.4 is 5.32 Å². The Morgan fingerprint density at radius 2 is 1.56 bits per heavy atom. The van der Waals surface area contributed by atoms with Crippen LogP contribution in [0, 0.1) is 33.8 Å². The molecule has 4 fully saturated rings. The molecule has 1 N–H and O–H groups in total. The molecule has 2 saturated heterocycles. The molecule has 2 heterocycles. The molecule has 1 unspecified atom stereocenters. The van der Waals surface area contributed by atoms with E-state index in [1.54, 1.807) is 0 Å². The number of hydrogen-bond acceptors (Lipinski definition) is 6. The fraction of sp³-hybridized carbons (Fsp3) is 0.467. The normalized spacial score (nSPS) is 40.6. The van der Waals surface area contributed by atoms with E-state index >= 15 is 0 Å². The summed E-state index contributed by atoms with van der Waals surface area (Å²) in [6, 6.07) is 4.27. The fourth-order valence-corrected chi connectivity index (χ4v) is 7.03. The average molecular weight is 363 g/mol. The van der Waals surface area contributed by atoms with Crippen molar-refractivity contribution in [2.45, 2.75) is 23.4 Å². The van der Waals surface area contributed by atoms with Gasteiger partial charge in [0.15, 0.2) is 0 Å². The van der Waals surface area contributed by atoms with Crippen LogP contribution in [0.5, 0.6) is 0 Å². The van der Waals surface area contributed by atoms with E-state index in [0.29, 0.717) is 6.42 Å². The highest BCUT2D eigenvalue weighted by atomic mass is 32.2. The number of carbonyl (C=O) groups is 2. The van der Waals surface area contributed by atoms with Crippen molar-refractivity contribution in [3.8, 4) is 0 Å². The number of piperidine rings is 1. The second-order valence-corrected chi connectivity index (χ2v) is 8.88. The Balaban J connectivity index is 1.46. The van der Waals surface area contributed by atoms with Crippen LogP contribution in [0.1, 0.15) is 6.42 Å². The number of carbonyl (C=O) groups excluding carboxylic acids is 2. The molecule has 130 valence electrons. The number of fused-ring (bicyclic) bond motifs is 8. The Hall–Kier alpha value is -2.33. The number of benzene rings is 1. The summed E-state index contributed by atoms with van der Waals surface area (Å²) in [5.41, 5.74) is -0.179. The van der Waals surface area contributed by atoms with Crippen LogP contribution in [-0.4, -0.2) is 41.5 Å². The first-order chi connectivity index (χ1) is 11.8. The highest BCUT2D eigenvalue weighted by Crippen LogP contribution is 2.65. The predicted molar refractivity (Wildman–Crippen MR) is 81.4 cm³/mol. The summed E-state index contributed by atoms with van der Waals surface area (Å²) in [7, 11) is -3.79. The zero-order valence-electron chi connectivity index (χ0n) is 12.7. The van der Waals surface area contributed by atoms with Crippen molar-refractivity contribution < 1.29 is 22.9 Å². The molecule has 9 nitrogen and oxygen atoms in total. The van der Waals surface area contributed by atoms with Crippen molar-refractivity contribution in [2.75, 3.05) is 0 Å². The van der Waals surface area contributed by atoms with Crippen LogP contribution in [-0.2, 0) is 19.6 Å². The van der Waals surface area contributed by atoms with E-state index in [4.69, 9.17) is 0 Å². The van der Waals surface area contributed by atoms with Gasteiger partial charge in [0, 0.05) is 24.2 Å². The van der Waals surface area contributed by atoms with Crippen molar-refractivity contribution in [1.82, 2.24) is 9.62 Å². The molecular formula is C15H13N3O6S. The number of imide groups is 1. The molecule has 0 aromatic heterocycles. The number of amides is 2.